The summed E-state index contributed by atoms with van der Waals surface area (Å²) in [6.45, 7) is 1.72. The van der Waals surface area contributed by atoms with Gasteiger partial charge in [0.05, 0.1) is 5.60 Å². The van der Waals surface area contributed by atoms with Gasteiger partial charge in [0.25, 0.3) is 5.91 Å². The minimum atomic E-state index is -1.17. The van der Waals surface area contributed by atoms with Crippen LogP contribution in [0, 0.1) is 5.92 Å². The molecule has 190 valence electrons. The summed E-state index contributed by atoms with van der Waals surface area (Å²) in [6.07, 6.45) is 5.33. The molecular formula is C29H35N3O4. The number of hydrogen-bond acceptors (Lipinski definition) is 6. The van der Waals surface area contributed by atoms with E-state index < -0.39 is 5.60 Å². The summed E-state index contributed by atoms with van der Waals surface area (Å²) in [5.74, 6) is 1.41. The van der Waals surface area contributed by atoms with Crippen LogP contribution in [-0.2, 0) is 10.3 Å². The number of aromatic nitrogens is 1. The summed E-state index contributed by atoms with van der Waals surface area (Å²) in [5, 5.41) is 12.4. The number of nitrogens with zero attached hydrogens (tertiary/aromatic N) is 2. The molecule has 1 aromatic heterocycles. The van der Waals surface area contributed by atoms with Crippen molar-refractivity contribution < 1.29 is 19.4 Å². The van der Waals surface area contributed by atoms with Crippen LogP contribution < -0.4 is 10.5 Å². The number of nitrogen functional groups attached to an aromatic ring is 1. The number of aliphatic hydroxyl groups is 1. The van der Waals surface area contributed by atoms with E-state index in [2.05, 4.69) is 4.98 Å². The van der Waals surface area contributed by atoms with Gasteiger partial charge in [0.1, 0.15) is 17.3 Å². The van der Waals surface area contributed by atoms with Crippen molar-refractivity contribution in [2.24, 2.45) is 5.92 Å². The molecule has 3 N–H and O–H groups in total. The highest BCUT2D eigenvalue weighted by Gasteiger charge is 2.43. The van der Waals surface area contributed by atoms with Gasteiger partial charge in [-0.15, -0.1) is 0 Å². The SMILES string of the molecule is COCCCC[C@@](O)(c1ccccc1Oc1ccccc1)C1CCCN(C(=O)c2ccnc(N)c2)C1. The van der Waals surface area contributed by atoms with Crippen molar-refractivity contribution in [1.29, 1.82) is 0 Å². The highest BCUT2D eigenvalue weighted by molar-refractivity contribution is 5.94. The first-order valence-corrected chi connectivity index (χ1v) is 12.6. The van der Waals surface area contributed by atoms with Crippen molar-refractivity contribution in [3.8, 4) is 11.5 Å². The smallest absolute Gasteiger partial charge is 0.254 e. The highest BCUT2D eigenvalue weighted by atomic mass is 16.5. The molecule has 3 aromatic rings. The lowest BCUT2D eigenvalue weighted by atomic mass is 9.73. The number of anilines is 1. The molecule has 2 atom stereocenters. The molecule has 0 bridgehead atoms. The predicted octanol–water partition coefficient (Wildman–Crippen LogP) is 5.01. The minimum absolute atomic E-state index is 0.0932. The zero-order valence-electron chi connectivity index (χ0n) is 20.8. The normalized spacial score (nSPS) is 17.4. The second kappa shape index (κ2) is 12.0. The van der Waals surface area contributed by atoms with Crippen LogP contribution in [0.1, 0.15) is 48.0 Å². The first-order chi connectivity index (χ1) is 17.5. The van der Waals surface area contributed by atoms with E-state index in [0.717, 1.165) is 31.2 Å². The molecule has 1 unspecified atom stereocenters. The summed E-state index contributed by atoms with van der Waals surface area (Å²) in [4.78, 5) is 19.1. The lowest BCUT2D eigenvalue weighted by Gasteiger charge is -2.43. The zero-order valence-corrected chi connectivity index (χ0v) is 20.8. The van der Waals surface area contributed by atoms with Crippen LogP contribution in [-0.4, -0.2) is 47.7 Å². The topological polar surface area (TPSA) is 97.9 Å². The molecular weight excluding hydrogens is 454 g/mol. The van der Waals surface area contributed by atoms with Crippen molar-refractivity contribution in [3.05, 3.63) is 84.1 Å². The van der Waals surface area contributed by atoms with Gasteiger partial charge in [-0.05, 0) is 62.4 Å². The highest BCUT2D eigenvalue weighted by Crippen LogP contribution is 2.44. The number of ether oxygens (including phenoxy) is 2. The van der Waals surface area contributed by atoms with Gasteiger partial charge >= 0.3 is 0 Å². The van der Waals surface area contributed by atoms with Crippen LogP contribution in [0.3, 0.4) is 0 Å². The Morgan fingerprint density at radius 2 is 1.92 bits per heavy atom. The molecule has 1 aliphatic heterocycles. The molecule has 36 heavy (non-hydrogen) atoms. The number of likely N-dealkylation sites (tertiary alicyclic amines) is 1. The number of pyridine rings is 1. The molecule has 7 heteroatoms. The third-order valence-electron chi connectivity index (χ3n) is 6.89. The second-order valence-corrected chi connectivity index (χ2v) is 9.35. The van der Waals surface area contributed by atoms with E-state index in [1.807, 2.05) is 59.5 Å². The molecule has 0 aliphatic carbocycles. The van der Waals surface area contributed by atoms with Crippen molar-refractivity contribution in [3.63, 3.8) is 0 Å². The van der Waals surface area contributed by atoms with E-state index in [1.54, 1.807) is 25.4 Å². The molecule has 2 heterocycles. The van der Waals surface area contributed by atoms with Crippen LogP contribution in [0.4, 0.5) is 5.82 Å². The molecule has 0 spiro atoms. The van der Waals surface area contributed by atoms with Crippen molar-refractivity contribution >= 4 is 11.7 Å². The number of nitrogens with two attached hydrogens (primary N) is 1. The Morgan fingerprint density at radius 1 is 1.14 bits per heavy atom. The number of piperidine rings is 1. The third kappa shape index (κ3) is 6.04. The van der Waals surface area contributed by atoms with Gasteiger partial charge in [-0.2, -0.15) is 0 Å². The number of rotatable bonds is 10. The monoisotopic (exact) mass is 489 g/mol. The largest absolute Gasteiger partial charge is 0.457 e. The lowest BCUT2D eigenvalue weighted by molar-refractivity contribution is -0.0589. The number of hydrogen-bond donors (Lipinski definition) is 2. The summed E-state index contributed by atoms with van der Waals surface area (Å²) in [6, 6.07) is 20.6. The van der Waals surface area contributed by atoms with E-state index >= 15 is 0 Å². The minimum Gasteiger partial charge on any atom is -0.457 e. The van der Waals surface area contributed by atoms with Crippen LogP contribution in [0.15, 0.2) is 72.9 Å². The molecule has 4 rings (SSSR count). The van der Waals surface area contributed by atoms with Crippen molar-refractivity contribution in [1.82, 2.24) is 9.88 Å². The van der Waals surface area contributed by atoms with Gasteiger partial charge in [0.15, 0.2) is 0 Å². The maximum absolute atomic E-state index is 13.3. The average Bonchev–Trinajstić information content (AvgIpc) is 2.91. The molecule has 1 saturated heterocycles. The molecule has 0 saturated carbocycles. The Morgan fingerprint density at radius 3 is 2.69 bits per heavy atom. The fourth-order valence-corrected chi connectivity index (χ4v) is 5.04. The van der Waals surface area contributed by atoms with Crippen molar-refractivity contribution in [2.45, 2.75) is 37.7 Å². The van der Waals surface area contributed by atoms with Crippen LogP contribution >= 0.6 is 0 Å². The molecule has 1 fully saturated rings. The number of amides is 1. The third-order valence-corrected chi connectivity index (χ3v) is 6.89. The van der Waals surface area contributed by atoms with Gasteiger partial charge in [0.2, 0.25) is 0 Å². The summed E-state index contributed by atoms with van der Waals surface area (Å²) >= 11 is 0. The first-order valence-electron chi connectivity index (χ1n) is 12.6. The van der Waals surface area contributed by atoms with Gasteiger partial charge in [-0.3, -0.25) is 4.79 Å². The summed E-state index contributed by atoms with van der Waals surface area (Å²) < 4.78 is 11.5. The van der Waals surface area contributed by atoms with Crippen molar-refractivity contribution in [2.75, 3.05) is 32.5 Å². The Hall–Kier alpha value is -3.42. The fraction of sp³-hybridized carbons (Fsp3) is 0.379. The van der Waals surface area contributed by atoms with Crippen LogP contribution in [0.2, 0.25) is 0 Å². The molecule has 7 nitrogen and oxygen atoms in total. The zero-order chi connectivity index (χ0) is 25.4. The van der Waals surface area contributed by atoms with E-state index in [1.165, 1.54) is 0 Å². The molecule has 1 aliphatic rings. The van der Waals surface area contributed by atoms with E-state index in [4.69, 9.17) is 15.2 Å². The van der Waals surface area contributed by atoms with Gasteiger partial charge in [0, 0.05) is 50.0 Å². The standard InChI is InChI=1S/C29H35N3O4/c1-35-19-8-7-16-29(34,25-13-5-6-14-26(25)36-24-11-3-2-4-12-24)23-10-9-18-32(21-23)28(33)22-15-17-31-27(30)20-22/h2-6,11-15,17,20,23,34H,7-10,16,18-19,21H2,1H3,(H2,30,31)/t23?,29-/m0/s1. The number of para-hydroxylation sites is 2. The summed E-state index contributed by atoms with van der Waals surface area (Å²) in [5.41, 5.74) is 5.90. The number of benzene rings is 2. The molecule has 2 aromatic carbocycles. The Balaban J connectivity index is 1.63. The van der Waals surface area contributed by atoms with E-state index in [0.29, 0.717) is 49.0 Å². The van der Waals surface area contributed by atoms with Gasteiger partial charge < -0.3 is 25.2 Å². The molecule has 1 amide bonds. The second-order valence-electron chi connectivity index (χ2n) is 9.35. The average molecular weight is 490 g/mol. The maximum atomic E-state index is 13.3. The number of methoxy groups -OCH3 is 1. The fourth-order valence-electron chi connectivity index (χ4n) is 5.04. The Labute approximate surface area is 212 Å². The maximum Gasteiger partial charge on any atom is 0.254 e. The van der Waals surface area contributed by atoms with E-state index in [-0.39, 0.29) is 11.8 Å². The quantitative estimate of drug-likeness (QED) is 0.389. The first kappa shape index (κ1) is 25.7. The number of unbranched alkanes of at least 4 members (excludes halogenated alkanes) is 1. The van der Waals surface area contributed by atoms with Gasteiger partial charge in [-0.1, -0.05) is 36.4 Å². The summed E-state index contributed by atoms with van der Waals surface area (Å²) in [7, 11) is 1.69. The Kier molecular flexibility index (Phi) is 8.57. The van der Waals surface area contributed by atoms with Crippen LogP contribution in [0.25, 0.3) is 0 Å². The van der Waals surface area contributed by atoms with Crippen LogP contribution in [0.5, 0.6) is 11.5 Å². The molecule has 0 radical (unpaired) electrons. The Bertz CT molecular complexity index is 1140. The lowest BCUT2D eigenvalue weighted by Crippen LogP contribution is -2.48. The predicted molar refractivity (Wildman–Crippen MR) is 140 cm³/mol. The van der Waals surface area contributed by atoms with Gasteiger partial charge in [-0.25, -0.2) is 4.98 Å². The number of carbonyl (C=O) groups is 1. The number of carbonyl (C=O) groups excluding carboxylic acids is 1. The van der Waals surface area contributed by atoms with E-state index in [9.17, 15) is 9.90 Å².